The lowest BCUT2D eigenvalue weighted by Gasteiger charge is -2.13. The SMILES string of the molecule is CCCCCCCOc1ccc(NCCNc2cc(OC)ccc2OC)cc1. The van der Waals surface area contributed by atoms with Crippen molar-refractivity contribution in [1.29, 1.82) is 0 Å². The van der Waals surface area contributed by atoms with Gasteiger partial charge in [-0.15, -0.1) is 0 Å². The summed E-state index contributed by atoms with van der Waals surface area (Å²) in [6.07, 6.45) is 6.27. The fraction of sp³-hybridized carbons (Fsp3) is 0.478. The summed E-state index contributed by atoms with van der Waals surface area (Å²) in [5.74, 6) is 2.54. The normalized spacial score (nSPS) is 10.4. The molecule has 0 aliphatic heterocycles. The third-order valence-corrected chi connectivity index (χ3v) is 4.55. The maximum absolute atomic E-state index is 5.81. The standard InChI is InChI=1S/C23H34N2O3/c1-4-5-6-7-8-17-28-20-11-9-19(10-12-20)24-15-16-25-22-18-21(26-2)13-14-23(22)27-3/h9-14,18,24-25H,4-8,15-17H2,1-3H3. The maximum Gasteiger partial charge on any atom is 0.142 e. The van der Waals surface area contributed by atoms with Crippen LogP contribution in [0.1, 0.15) is 39.0 Å². The van der Waals surface area contributed by atoms with Crippen LogP contribution >= 0.6 is 0 Å². The van der Waals surface area contributed by atoms with Gasteiger partial charge in [-0.1, -0.05) is 32.6 Å². The van der Waals surface area contributed by atoms with E-state index in [1.807, 2.05) is 30.3 Å². The molecule has 0 aromatic heterocycles. The van der Waals surface area contributed by atoms with Gasteiger partial charge in [-0.25, -0.2) is 0 Å². The highest BCUT2D eigenvalue weighted by atomic mass is 16.5. The van der Waals surface area contributed by atoms with Crippen molar-refractivity contribution in [3.8, 4) is 17.2 Å². The zero-order chi connectivity index (χ0) is 20.0. The van der Waals surface area contributed by atoms with E-state index in [4.69, 9.17) is 14.2 Å². The van der Waals surface area contributed by atoms with E-state index in [0.717, 1.165) is 54.7 Å². The van der Waals surface area contributed by atoms with Gasteiger partial charge in [-0.3, -0.25) is 0 Å². The predicted molar refractivity (Wildman–Crippen MR) is 117 cm³/mol. The molecule has 0 aliphatic carbocycles. The number of nitrogens with one attached hydrogen (secondary N) is 2. The fourth-order valence-electron chi connectivity index (χ4n) is 2.92. The van der Waals surface area contributed by atoms with Crippen molar-refractivity contribution in [2.24, 2.45) is 0 Å². The molecule has 154 valence electrons. The van der Waals surface area contributed by atoms with E-state index in [1.54, 1.807) is 14.2 Å². The van der Waals surface area contributed by atoms with Crippen LogP contribution < -0.4 is 24.8 Å². The quantitative estimate of drug-likeness (QED) is 0.415. The molecule has 0 radical (unpaired) electrons. The van der Waals surface area contributed by atoms with Crippen LogP contribution in [-0.4, -0.2) is 33.9 Å². The zero-order valence-corrected chi connectivity index (χ0v) is 17.4. The average molecular weight is 387 g/mol. The largest absolute Gasteiger partial charge is 0.497 e. The predicted octanol–water partition coefficient (Wildman–Crippen LogP) is 5.58. The first-order chi connectivity index (χ1) is 13.8. The fourth-order valence-corrected chi connectivity index (χ4v) is 2.92. The topological polar surface area (TPSA) is 51.8 Å². The first-order valence-electron chi connectivity index (χ1n) is 10.2. The molecule has 0 atom stereocenters. The van der Waals surface area contributed by atoms with Gasteiger partial charge >= 0.3 is 0 Å². The van der Waals surface area contributed by atoms with Crippen LogP contribution in [0.2, 0.25) is 0 Å². The van der Waals surface area contributed by atoms with E-state index in [2.05, 4.69) is 29.7 Å². The van der Waals surface area contributed by atoms with Crippen molar-refractivity contribution in [3.63, 3.8) is 0 Å². The van der Waals surface area contributed by atoms with Gasteiger partial charge in [0.15, 0.2) is 0 Å². The smallest absolute Gasteiger partial charge is 0.142 e. The first-order valence-corrected chi connectivity index (χ1v) is 10.2. The van der Waals surface area contributed by atoms with Crippen LogP contribution in [0.4, 0.5) is 11.4 Å². The molecule has 0 saturated carbocycles. The van der Waals surface area contributed by atoms with E-state index in [9.17, 15) is 0 Å². The Morgan fingerprint density at radius 3 is 2.18 bits per heavy atom. The number of unbranched alkanes of at least 4 members (excludes halogenated alkanes) is 4. The molecule has 0 unspecified atom stereocenters. The molecule has 2 rings (SSSR count). The Bertz CT molecular complexity index is 674. The number of anilines is 2. The second-order valence-corrected chi connectivity index (χ2v) is 6.71. The van der Waals surface area contributed by atoms with Crippen LogP contribution in [0.15, 0.2) is 42.5 Å². The minimum Gasteiger partial charge on any atom is -0.497 e. The van der Waals surface area contributed by atoms with Crippen LogP contribution in [0.5, 0.6) is 17.2 Å². The van der Waals surface area contributed by atoms with Crippen LogP contribution in [-0.2, 0) is 0 Å². The summed E-state index contributed by atoms with van der Waals surface area (Å²) in [6.45, 7) is 4.58. The molecular formula is C23H34N2O3. The third kappa shape index (κ3) is 7.59. The summed E-state index contributed by atoms with van der Waals surface area (Å²) >= 11 is 0. The first kappa shape index (κ1) is 21.7. The van der Waals surface area contributed by atoms with E-state index in [0.29, 0.717) is 0 Å². The number of hydrogen-bond acceptors (Lipinski definition) is 5. The Kier molecular flexibility index (Phi) is 9.91. The third-order valence-electron chi connectivity index (χ3n) is 4.55. The van der Waals surface area contributed by atoms with Gasteiger partial charge in [-0.05, 0) is 42.8 Å². The monoisotopic (exact) mass is 386 g/mol. The lowest BCUT2D eigenvalue weighted by Crippen LogP contribution is -2.14. The van der Waals surface area contributed by atoms with Gasteiger partial charge in [0.05, 0.1) is 26.5 Å². The molecule has 2 N–H and O–H groups in total. The van der Waals surface area contributed by atoms with E-state index in [1.165, 1.54) is 25.7 Å². The van der Waals surface area contributed by atoms with Gasteiger partial charge in [-0.2, -0.15) is 0 Å². The summed E-state index contributed by atoms with van der Waals surface area (Å²) in [6, 6.07) is 13.9. The van der Waals surface area contributed by atoms with E-state index >= 15 is 0 Å². The molecule has 5 nitrogen and oxygen atoms in total. The van der Waals surface area contributed by atoms with Crippen LogP contribution in [0.3, 0.4) is 0 Å². The zero-order valence-electron chi connectivity index (χ0n) is 17.4. The molecule has 28 heavy (non-hydrogen) atoms. The Morgan fingerprint density at radius 2 is 1.46 bits per heavy atom. The van der Waals surface area contributed by atoms with Gasteiger partial charge < -0.3 is 24.8 Å². The molecule has 2 aromatic carbocycles. The molecule has 0 fully saturated rings. The number of benzene rings is 2. The van der Waals surface area contributed by atoms with Gasteiger partial charge in [0.2, 0.25) is 0 Å². The summed E-state index contributed by atoms with van der Waals surface area (Å²) in [7, 11) is 3.33. The van der Waals surface area contributed by atoms with Crippen LogP contribution in [0.25, 0.3) is 0 Å². The summed E-state index contributed by atoms with van der Waals surface area (Å²) in [4.78, 5) is 0. The Morgan fingerprint density at radius 1 is 0.750 bits per heavy atom. The van der Waals surface area contributed by atoms with Gasteiger partial charge in [0.1, 0.15) is 17.2 Å². The van der Waals surface area contributed by atoms with E-state index in [-0.39, 0.29) is 0 Å². The molecule has 0 spiro atoms. The van der Waals surface area contributed by atoms with Gasteiger partial charge in [0, 0.05) is 24.8 Å². The van der Waals surface area contributed by atoms with Crippen molar-refractivity contribution < 1.29 is 14.2 Å². The highest BCUT2D eigenvalue weighted by molar-refractivity contribution is 5.60. The van der Waals surface area contributed by atoms with E-state index < -0.39 is 0 Å². The van der Waals surface area contributed by atoms with Crippen molar-refractivity contribution in [2.75, 3.05) is 44.5 Å². The summed E-state index contributed by atoms with van der Waals surface area (Å²) < 4.78 is 16.5. The molecule has 5 heteroatoms. The molecule has 0 aliphatic rings. The summed E-state index contributed by atoms with van der Waals surface area (Å²) in [5, 5.41) is 6.79. The number of methoxy groups -OCH3 is 2. The lowest BCUT2D eigenvalue weighted by atomic mass is 10.2. The molecule has 0 saturated heterocycles. The number of hydrogen-bond donors (Lipinski definition) is 2. The molecule has 0 heterocycles. The van der Waals surface area contributed by atoms with Crippen molar-refractivity contribution >= 4 is 11.4 Å². The highest BCUT2D eigenvalue weighted by Crippen LogP contribution is 2.28. The Labute approximate surface area is 169 Å². The van der Waals surface area contributed by atoms with Crippen molar-refractivity contribution in [3.05, 3.63) is 42.5 Å². The Hall–Kier alpha value is -2.56. The van der Waals surface area contributed by atoms with Gasteiger partial charge in [0.25, 0.3) is 0 Å². The number of ether oxygens (including phenoxy) is 3. The maximum atomic E-state index is 5.81. The van der Waals surface area contributed by atoms with Crippen LogP contribution in [0, 0.1) is 0 Å². The average Bonchev–Trinajstić information content (AvgIpc) is 2.74. The summed E-state index contributed by atoms with van der Waals surface area (Å²) in [5.41, 5.74) is 2.00. The minimum atomic E-state index is 0.763. The lowest BCUT2D eigenvalue weighted by molar-refractivity contribution is 0.304. The minimum absolute atomic E-state index is 0.763. The second kappa shape index (κ2) is 12.8. The molecular weight excluding hydrogens is 352 g/mol. The van der Waals surface area contributed by atoms with Crippen molar-refractivity contribution in [2.45, 2.75) is 39.0 Å². The number of rotatable bonds is 14. The van der Waals surface area contributed by atoms with Crippen molar-refractivity contribution in [1.82, 2.24) is 0 Å². The molecule has 0 amide bonds. The highest BCUT2D eigenvalue weighted by Gasteiger charge is 2.04. The molecule has 0 bridgehead atoms. The Balaban J connectivity index is 1.68. The molecule has 2 aromatic rings. The second-order valence-electron chi connectivity index (χ2n) is 6.71.